The Bertz CT molecular complexity index is 515. The quantitative estimate of drug-likeness (QED) is 0.503. The summed E-state index contributed by atoms with van der Waals surface area (Å²) in [6.45, 7) is -0.490. The third kappa shape index (κ3) is 3.87. The van der Waals surface area contributed by atoms with E-state index in [1.54, 1.807) is 6.07 Å². The Morgan fingerprint density at radius 1 is 1.32 bits per heavy atom. The van der Waals surface area contributed by atoms with Gasteiger partial charge in [0.2, 0.25) is 0 Å². The highest BCUT2D eigenvalue weighted by Crippen LogP contribution is 2.25. The van der Waals surface area contributed by atoms with Crippen molar-refractivity contribution in [1.82, 2.24) is 5.32 Å². The van der Waals surface area contributed by atoms with Gasteiger partial charge in [0.05, 0.1) is 7.11 Å². The van der Waals surface area contributed by atoms with E-state index >= 15 is 0 Å². The first-order valence-corrected chi connectivity index (χ1v) is 5.14. The monoisotopic (exact) mass is 267 g/mol. The number of nitrogen functional groups attached to an aromatic ring is 1. The van der Waals surface area contributed by atoms with Gasteiger partial charge in [-0.1, -0.05) is 6.07 Å². The molecule has 5 N–H and O–H groups in total. The molecule has 19 heavy (non-hydrogen) atoms. The predicted molar refractivity (Wildman–Crippen MR) is 65.4 cm³/mol. The van der Waals surface area contributed by atoms with Crippen molar-refractivity contribution in [2.75, 3.05) is 19.5 Å². The zero-order chi connectivity index (χ0) is 14.4. The molecule has 0 aliphatic carbocycles. The molecule has 1 rings (SSSR count). The number of benzene rings is 1. The van der Waals surface area contributed by atoms with Crippen LogP contribution >= 0.6 is 0 Å². The van der Waals surface area contributed by atoms with Crippen LogP contribution < -0.4 is 21.5 Å². The smallest absolute Gasteiger partial charge is 0.343 e. The van der Waals surface area contributed by atoms with Gasteiger partial charge in [0.25, 0.3) is 5.91 Å². The van der Waals surface area contributed by atoms with Gasteiger partial charge in [-0.2, -0.15) is 0 Å². The van der Waals surface area contributed by atoms with Crippen LogP contribution in [0.4, 0.5) is 10.5 Å². The molecule has 0 saturated carbocycles. The van der Waals surface area contributed by atoms with E-state index in [-0.39, 0.29) is 17.0 Å². The first-order valence-electron chi connectivity index (χ1n) is 5.14. The van der Waals surface area contributed by atoms with Crippen LogP contribution in [0.3, 0.4) is 0 Å². The highest BCUT2D eigenvalue weighted by molar-refractivity contribution is 5.98. The van der Waals surface area contributed by atoms with E-state index in [0.29, 0.717) is 0 Å². The SMILES string of the molecule is COC(=O)c1c(N)cccc1OCC(=O)NC(N)=O. The number of anilines is 1. The Morgan fingerprint density at radius 2 is 2.00 bits per heavy atom. The number of urea groups is 1. The second-order valence-corrected chi connectivity index (χ2v) is 3.41. The Labute approximate surface area is 108 Å². The molecule has 0 saturated heterocycles. The zero-order valence-electron chi connectivity index (χ0n) is 10.1. The number of nitrogens with two attached hydrogens (primary N) is 2. The van der Waals surface area contributed by atoms with E-state index in [1.807, 2.05) is 5.32 Å². The van der Waals surface area contributed by atoms with Gasteiger partial charge in [0.15, 0.2) is 6.61 Å². The minimum absolute atomic E-state index is 0.0110. The van der Waals surface area contributed by atoms with E-state index in [0.717, 1.165) is 0 Å². The maximum Gasteiger partial charge on any atom is 0.343 e. The van der Waals surface area contributed by atoms with Crippen LogP contribution in [0.5, 0.6) is 5.75 Å². The number of amides is 3. The van der Waals surface area contributed by atoms with Crippen LogP contribution in [0.2, 0.25) is 0 Å². The van der Waals surface area contributed by atoms with E-state index in [9.17, 15) is 14.4 Å². The second-order valence-electron chi connectivity index (χ2n) is 3.41. The zero-order valence-corrected chi connectivity index (χ0v) is 10.1. The van der Waals surface area contributed by atoms with Gasteiger partial charge in [0.1, 0.15) is 11.3 Å². The molecule has 1 aromatic carbocycles. The molecule has 8 heteroatoms. The molecule has 0 bridgehead atoms. The maximum atomic E-state index is 11.5. The summed E-state index contributed by atoms with van der Waals surface area (Å²) in [6.07, 6.45) is 0. The molecule has 0 aliphatic rings. The molecule has 0 aliphatic heterocycles. The molecule has 0 atom stereocenters. The molecule has 102 valence electrons. The summed E-state index contributed by atoms with van der Waals surface area (Å²) < 4.78 is 9.66. The van der Waals surface area contributed by atoms with Crippen LogP contribution in [0.25, 0.3) is 0 Å². The Hall–Kier alpha value is -2.77. The predicted octanol–water partition coefficient (Wildman–Crippen LogP) is -0.371. The van der Waals surface area contributed by atoms with E-state index in [2.05, 4.69) is 4.74 Å². The third-order valence-corrected chi connectivity index (χ3v) is 2.07. The Kier molecular flexibility index (Phi) is 4.69. The number of methoxy groups -OCH3 is 1. The molecular weight excluding hydrogens is 254 g/mol. The first-order chi connectivity index (χ1) is 8.95. The van der Waals surface area contributed by atoms with E-state index < -0.39 is 24.5 Å². The van der Waals surface area contributed by atoms with Crippen LogP contribution in [0, 0.1) is 0 Å². The van der Waals surface area contributed by atoms with Crippen molar-refractivity contribution in [2.45, 2.75) is 0 Å². The number of esters is 1. The van der Waals surface area contributed by atoms with Crippen molar-refractivity contribution in [3.63, 3.8) is 0 Å². The van der Waals surface area contributed by atoms with Crippen molar-refractivity contribution in [1.29, 1.82) is 0 Å². The lowest BCUT2D eigenvalue weighted by atomic mass is 10.1. The molecule has 1 aromatic rings. The third-order valence-electron chi connectivity index (χ3n) is 2.07. The Morgan fingerprint density at radius 3 is 2.58 bits per heavy atom. The summed E-state index contributed by atoms with van der Waals surface area (Å²) >= 11 is 0. The van der Waals surface area contributed by atoms with Gasteiger partial charge < -0.3 is 20.9 Å². The topological polar surface area (TPSA) is 134 Å². The number of primary amides is 1. The first kappa shape index (κ1) is 14.3. The van der Waals surface area contributed by atoms with E-state index in [4.69, 9.17) is 16.2 Å². The average Bonchev–Trinajstić information content (AvgIpc) is 2.34. The highest BCUT2D eigenvalue weighted by Gasteiger charge is 2.17. The van der Waals surface area contributed by atoms with Crippen molar-refractivity contribution in [3.8, 4) is 5.75 Å². The van der Waals surface area contributed by atoms with Gasteiger partial charge in [-0.25, -0.2) is 9.59 Å². The molecule has 0 aromatic heterocycles. The van der Waals surface area contributed by atoms with Crippen molar-refractivity contribution in [3.05, 3.63) is 23.8 Å². The van der Waals surface area contributed by atoms with Crippen LogP contribution in [0.15, 0.2) is 18.2 Å². The number of ether oxygens (including phenoxy) is 2. The maximum absolute atomic E-state index is 11.5. The molecule has 0 radical (unpaired) electrons. The summed E-state index contributed by atoms with van der Waals surface area (Å²) in [5.74, 6) is -1.36. The molecule has 8 nitrogen and oxygen atoms in total. The van der Waals surface area contributed by atoms with Gasteiger partial charge >= 0.3 is 12.0 Å². The lowest BCUT2D eigenvalue weighted by Gasteiger charge is -2.11. The van der Waals surface area contributed by atoms with Crippen LogP contribution in [0.1, 0.15) is 10.4 Å². The summed E-state index contributed by atoms with van der Waals surface area (Å²) in [5.41, 5.74) is 10.6. The van der Waals surface area contributed by atoms with Crippen molar-refractivity contribution in [2.24, 2.45) is 5.73 Å². The van der Waals surface area contributed by atoms with Gasteiger partial charge in [0, 0.05) is 5.69 Å². The molecular formula is C11H13N3O5. The number of carbonyl (C=O) groups is 3. The molecule has 3 amide bonds. The summed E-state index contributed by atoms with van der Waals surface area (Å²) in [4.78, 5) is 33.1. The average molecular weight is 267 g/mol. The summed E-state index contributed by atoms with van der Waals surface area (Å²) in [6, 6.07) is 3.49. The Balaban J connectivity index is 2.84. The standard InChI is InChI=1S/C11H13N3O5/c1-18-10(16)9-6(12)3-2-4-7(9)19-5-8(15)14-11(13)17/h2-4H,5,12H2,1H3,(H3,13,14,15,17). The molecule has 0 heterocycles. The van der Waals surface area contributed by atoms with Crippen LogP contribution in [-0.4, -0.2) is 31.6 Å². The second kappa shape index (κ2) is 6.24. The molecule has 0 fully saturated rings. The number of rotatable bonds is 4. The fourth-order valence-electron chi connectivity index (χ4n) is 1.31. The van der Waals surface area contributed by atoms with Crippen molar-refractivity contribution >= 4 is 23.6 Å². The minimum Gasteiger partial charge on any atom is -0.483 e. The van der Waals surface area contributed by atoms with Crippen LogP contribution in [-0.2, 0) is 9.53 Å². The normalized spacial score (nSPS) is 9.53. The van der Waals surface area contributed by atoms with Gasteiger partial charge in [-0.05, 0) is 12.1 Å². The molecule has 0 spiro atoms. The summed E-state index contributed by atoms with van der Waals surface area (Å²) in [5, 5.41) is 1.82. The fraction of sp³-hybridized carbons (Fsp3) is 0.182. The van der Waals surface area contributed by atoms with Crippen molar-refractivity contribution < 1.29 is 23.9 Å². The number of hydrogen-bond donors (Lipinski definition) is 3. The minimum atomic E-state index is -0.991. The largest absolute Gasteiger partial charge is 0.483 e. The molecule has 0 unspecified atom stereocenters. The number of imide groups is 1. The lowest BCUT2D eigenvalue weighted by molar-refractivity contribution is -0.121. The number of nitrogens with one attached hydrogen (secondary N) is 1. The highest BCUT2D eigenvalue weighted by atomic mass is 16.5. The number of carbonyl (C=O) groups excluding carboxylic acids is 3. The van der Waals surface area contributed by atoms with Gasteiger partial charge in [-0.3, -0.25) is 10.1 Å². The summed E-state index contributed by atoms with van der Waals surface area (Å²) in [7, 11) is 1.19. The van der Waals surface area contributed by atoms with Gasteiger partial charge in [-0.15, -0.1) is 0 Å². The van der Waals surface area contributed by atoms with E-state index in [1.165, 1.54) is 19.2 Å². The lowest BCUT2D eigenvalue weighted by Crippen LogP contribution is -2.38. The fourth-order valence-corrected chi connectivity index (χ4v) is 1.31. The number of hydrogen-bond acceptors (Lipinski definition) is 6.